The number of piperidine rings is 1. The van der Waals surface area contributed by atoms with E-state index in [1.807, 2.05) is 17.9 Å². The first-order chi connectivity index (χ1) is 12.4. The summed E-state index contributed by atoms with van der Waals surface area (Å²) >= 11 is 0. The van der Waals surface area contributed by atoms with E-state index in [4.69, 9.17) is 4.74 Å². The number of esters is 1. The molecule has 0 aromatic carbocycles. The van der Waals surface area contributed by atoms with Crippen LogP contribution in [0.4, 0.5) is 14.5 Å². The monoisotopic (exact) mass is 363 g/mol. The van der Waals surface area contributed by atoms with Crippen LogP contribution in [0.3, 0.4) is 0 Å². The third-order valence-electron chi connectivity index (χ3n) is 5.07. The molecule has 7 nitrogen and oxygen atoms in total. The zero-order chi connectivity index (χ0) is 18.5. The number of aryl methyl sites for hydroxylation is 1. The fourth-order valence-corrected chi connectivity index (χ4v) is 3.47. The van der Waals surface area contributed by atoms with E-state index in [0.29, 0.717) is 19.6 Å². The summed E-state index contributed by atoms with van der Waals surface area (Å²) in [4.78, 5) is 18.0. The third kappa shape index (κ3) is 2.81. The molecule has 2 aliphatic rings. The zero-order valence-corrected chi connectivity index (χ0v) is 14.5. The van der Waals surface area contributed by atoms with Gasteiger partial charge in [0.1, 0.15) is 0 Å². The summed E-state index contributed by atoms with van der Waals surface area (Å²) in [7, 11) is 0. The number of hydrogen-bond donors (Lipinski definition) is 0. The third-order valence-corrected chi connectivity index (χ3v) is 5.07. The van der Waals surface area contributed by atoms with Crippen LogP contribution < -0.4 is 4.90 Å². The van der Waals surface area contributed by atoms with Gasteiger partial charge in [-0.05, 0) is 25.5 Å². The molecule has 3 heterocycles. The largest absolute Gasteiger partial charge is 0.461 e. The van der Waals surface area contributed by atoms with Crippen molar-refractivity contribution in [2.75, 3.05) is 24.6 Å². The Morgan fingerprint density at radius 2 is 2.12 bits per heavy atom. The molecule has 138 valence electrons. The van der Waals surface area contributed by atoms with Gasteiger partial charge in [-0.3, -0.25) is 4.98 Å². The van der Waals surface area contributed by atoms with Crippen LogP contribution in [-0.2, 0) is 11.3 Å². The van der Waals surface area contributed by atoms with Gasteiger partial charge in [0.05, 0.1) is 48.8 Å². The van der Waals surface area contributed by atoms with Crippen molar-refractivity contribution >= 4 is 11.7 Å². The molecule has 2 aromatic rings. The quantitative estimate of drug-likeness (QED) is 0.756. The van der Waals surface area contributed by atoms with Crippen molar-refractivity contribution in [2.24, 2.45) is 11.8 Å². The molecular formula is C17H19F2N5O2. The predicted octanol–water partition coefficient (Wildman–Crippen LogP) is 1.91. The van der Waals surface area contributed by atoms with Crippen molar-refractivity contribution in [3.05, 3.63) is 35.4 Å². The minimum atomic E-state index is -2.48. The SMILES string of the molecule is CCOC(=O)c1cn(Cc2ncc(N3CC4C(C3)C4(F)F)cc2C)nn1. The van der Waals surface area contributed by atoms with Crippen LogP contribution in [0, 0.1) is 18.8 Å². The van der Waals surface area contributed by atoms with Crippen LogP contribution in [0.15, 0.2) is 18.5 Å². The highest BCUT2D eigenvalue weighted by Gasteiger charge is 2.71. The van der Waals surface area contributed by atoms with Gasteiger partial charge in [0.2, 0.25) is 0 Å². The normalized spacial score (nSPS) is 23.0. The van der Waals surface area contributed by atoms with Crippen molar-refractivity contribution in [3.8, 4) is 0 Å². The van der Waals surface area contributed by atoms with E-state index in [-0.39, 0.29) is 12.3 Å². The van der Waals surface area contributed by atoms with Crippen molar-refractivity contribution < 1.29 is 18.3 Å². The summed E-state index contributed by atoms with van der Waals surface area (Å²) < 4.78 is 33.1. The number of nitrogens with zero attached hydrogens (tertiary/aromatic N) is 5. The van der Waals surface area contributed by atoms with Gasteiger partial charge >= 0.3 is 5.97 Å². The van der Waals surface area contributed by atoms with Gasteiger partial charge in [-0.15, -0.1) is 5.10 Å². The lowest BCUT2D eigenvalue weighted by Gasteiger charge is -2.22. The first-order valence-electron chi connectivity index (χ1n) is 8.55. The van der Waals surface area contributed by atoms with Crippen LogP contribution in [0.5, 0.6) is 0 Å². The van der Waals surface area contributed by atoms with E-state index < -0.39 is 23.7 Å². The Morgan fingerprint density at radius 1 is 1.38 bits per heavy atom. The maximum absolute atomic E-state index is 13.3. The molecule has 0 N–H and O–H groups in total. The van der Waals surface area contributed by atoms with Crippen LogP contribution in [0.2, 0.25) is 0 Å². The molecule has 1 saturated heterocycles. The molecular weight excluding hydrogens is 344 g/mol. The molecule has 2 atom stereocenters. The molecule has 1 aliphatic carbocycles. The fourth-order valence-electron chi connectivity index (χ4n) is 3.47. The van der Waals surface area contributed by atoms with Gasteiger partial charge in [0.25, 0.3) is 5.92 Å². The Hall–Kier alpha value is -2.58. The lowest BCUT2D eigenvalue weighted by Crippen LogP contribution is -2.27. The van der Waals surface area contributed by atoms with Crippen LogP contribution in [0.1, 0.15) is 28.7 Å². The highest BCUT2D eigenvalue weighted by molar-refractivity contribution is 5.86. The number of halogens is 2. The summed E-state index contributed by atoms with van der Waals surface area (Å²) in [5.41, 5.74) is 2.73. The Kier molecular flexibility index (Phi) is 3.89. The van der Waals surface area contributed by atoms with Crippen molar-refractivity contribution in [2.45, 2.75) is 26.3 Å². The number of alkyl halides is 2. The summed E-state index contributed by atoms with van der Waals surface area (Å²) in [6.45, 7) is 5.04. The van der Waals surface area contributed by atoms with Crippen molar-refractivity contribution in [3.63, 3.8) is 0 Å². The first-order valence-corrected chi connectivity index (χ1v) is 8.55. The Balaban J connectivity index is 1.43. The Morgan fingerprint density at radius 3 is 2.77 bits per heavy atom. The molecule has 0 radical (unpaired) electrons. The maximum atomic E-state index is 13.3. The molecule has 2 aromatic heterocycles. The minimum absolute atomic E-state index is 0.151. The van der Waals surface area contributed by atoms with Crippen molar-refractivity contribution in [1.29, 1.82) is 0 Å². The van der Waals surface area contributed by atoms with Crippen molar-refractivity contribution in [1.82, 2.24) is 20.0 Å². The highest BCUT2D eigenvalue weighted by atomic mass is 19.3. The molecule has 9 heteroatoms. The summed E-state index contributed by atoms with van der Waals surface area (Å²) in [5.74, 6) is -4.02. The number of anilines is 1. The van der Waals surface area contributed by atoms with Gasteiger partial charge in [-0.2, -0.15) is 0 Å². The number of carbonyl (C=O) groups excluding carboxylic acids is 1. The van der Waals surface area contributed by atoms with Crippen LogP contribution in [-0.4, -0.2) is 51.6 Å². The number of ether oxygens (including phenoxy) is 1. The van der Waals surface area contributed by atoms with E-state index in [0.717, 1.165) is 16.9 Å². The molecule has 0 spiro atoms. The van der Waals surface area contributed by atoms with E-state index in [1.54, 1.807) is 13.1 Å². The number of hydrogen-bond acceptors (Lipinski definition) is 6. The van der Waals surface area contributed by atoms with Gasteiger partial charge in [0, 0.05) is 13.1 Å². The molecule has 26 heavy (non-hydrogen) atoms. The molecule has 4 rings (SSSR count). The Bertz CT molecular complexity index is 839. The zero-order valence-electron chi connectivity index (χ0n) is 14.5. The second-order valence-electron chi connectivity index (χ2n) is 6.77. The first kappa shape index (κ1) is 16.9. The molecule has 1 aliphatic heterocycles. The lowest BCUT2D eigenvalue weighted by molar-refractivity contribution is 0.0519. The van der Waals surface area contributed by atoms with Gasteiger partial charge in [-0.1, -0.05) is 5.21 Å². The lowest BCUT2D eigenvalue weighted by atomic mass is 10.2. The second-order valence-corrected chi connectivity index (χ2v) is 6.77. The number of carbonyl (C=O) groups is 1. The van der Waals surface area contributed by atoms with E-state index in [2.05, 4.69) is 15.3 Å². The molecule has 0 bridgehead atoms. The molecule has 2 fully saturated rings. The Labute approximate surface area is 149 Å². The standard InChI is InChI=1S/C17H19F2N5O2/c1-3-26-16(25)15-9-24(22-21-15)8-14-10(2)4-11(5-20-14)23-6-12-13(7-23)17(12,18)19/h4-5,9,12-13H,3,6-8H2,1-2H3. The highest BCUT2D eigenvalue weighted by Crippen LogP contribution is 2.59. The van der Waals surface area contributed by atoms with Gasteiger partial charge < -0.3 is 9.64 Å². The van der Waals surface area contributed by atoms with Gasteiger partial charge in [-0.25, -0.2) is 18.3 Å². The summed E-state index contributed by atoms with van der Waals surface area (Å²) in [6.07, 6.45) is 3.22. The minimum Gasteiger partial charge on any atom is -0.461 e. The predicted molar refractivity (Wildman–Crippen MR) is 88.2 cm³/mol. The second kappa shape index (κ2) is 6.00. The molecule has 0 amide bonds. The average Bonchev–Trinajstić information content (AvgIpc) is 3.05. The van der Waals surface area contributed by atoms with Gasteiger partial charge in [0.15, 0.2) is 5.69 Å². The van der Waals surface area contributed by atoms with E-state index in [9.17, 15) is 13.6 Å². The fraction of sp³-hybridized carbons (Fsp3) is 0.529. The van der Waals surface area contributed by atoms with Crippen LogP contribution in [0.25, 0.3) is 0 Å². The number of fused-ring (bicyclic) bond motifs is 1. The van der Waals surface area contributed by atoms with E-state index in [1.165, 1.54) is 10.9 Å². The topological polar surface area (TPSA) is 73.1 Å². The summed E-state index contributed by atoms with van der Waals surface area (Å²) in [5, 5.41) is 7.72. The number of aromatic nitrogens is 4. The van der Waals surface area contributed by atoms with E-state index >= 15 is 0 Å². The maximum Gasteiger partial charge on any atom is 0.360 e. The molecule has 2 unspecified atom stereocenters. The summed E-state index contributed by atoms with van der Waals surface area (Å²) in [6, 6.07) is 1.95. The molecule has 1 saturated carbocycles. The number of rotatable bonds is 5. The average molecular weight is 363 g/mol. The van der Waals surface area contributed by atoms with Crippen LogP contribution >= 0.6 is 0 Å². The number of pyridine rings is 1. The smallest absolute Gasteiger partial charge is 0.360 e.